The zero-order valence-electron chi connectivity index (χ0n) is 14.6. The summed E-state index contributed by atoms with van der Waals surface area (Å²) in [5, 5.41) is 9.91. The molecule has 0 aliphatic heterocycles. The van der Waals surface area contributed by atoms with Crippen LogP contribution in [0, 0.1) is 0 Å². The molecular formula is C18H13FN6O3S. The van der Waals surface area contributed by atoms with Crippen LogP contribution < -0.4 is 11.1 Å². The molecule has 4 rings (SSSR count). The van der Waals surface area contributed by atoms with Gasteiger partial charge in [-0.15, -0.1) is 3.89 Å². The SMILES string of the molecule is Nc1nc(-c2cccc(NC(=O)c3ccc(S(=O)(=O)F)cc3)c2)nc2[nH]ncc12. The van der Waals surface area contributed by atoms with Crippen LogP contribution in [0.5, 0.6) is 0 Å². The first-order valence-electron chi connectivity index (χ1n) is 8.24. The molecule has 0 aliphatic rings. The van der Waals surface area contributed by atoms with Gasteiger partial charge in [-0.3, -0.25) is 9.89 Å². The highest BCUT2D eigenvalue weighted by molar-refractivity contribution is 7.86. The Labute approximate surface area is 164 Å². The van der Waals surface area contributed by atoms with Crippen molar-refractivity contribution in [3.8, 4) is 11.4 Å². The van der Waals surface area contributed by atoms with E-state index in [0.717, 1.165) is 12.1 Å². The summed E-state index contributed by atoms with van der Waals surface area (Å²) in [6, 6.07) is 11.3. The van der Waals surface area contributed by atoms with E-state index < -0.39 is 21.0 Å². The van der Waals surface area contributed by atoms with E-state index >= 15 is 0 Å². The number of aromatic nitrogens is 4. The smallest absolute Gasteiger partial charge is 0.332 e. The van der Waals surface area contributed by atoms with Gasteiger partial charge in [0.05, 0.1) is 16.5 Å². The molecule has 0 bridgehead atoms. The maximum absolute atomic E-state index is 13.0. The van der Waals surface area contributed by atoms with E-state index in [-0.39, 0.29) is 11.4 Å². The summed E-state index contributed by atoms with van der Waals surface area (Å²) in [7, 11) is -4.82. The lowest BCUT2D eigenvalue weighted by molar-refractivity contribution is 0.102. The Balaban J connectivity index is 1.59. The van der Waals surface area contributed by atoms with Crippen LogP contribution in [0.3, 0.4) is 0 Å². The van der Waals surface area contributed by atoms with Crippen LogP contribution in [0.1, 0.15) is 10.4 Å². The number of fused-ring (bicyclic) bond motifs is 1. The minimum Gasteiger partial charge on any atom is -0.383 e. The van der Waals surface area contributed by atoms with Gasteiger partial charge in [-0.1, -0.05) is 12.1 Å². The number of halogens is 1. The first kappa shape index (κ1) is 18.5. The fraction of sp³-hybridized carbons (Fsp3) is 0. The fourth-order valence-corrected chi connectivity index (χ4v) is 3.16. The first-order chi connectivity index (χ1) is 13.8. The van der Waals surface area contributed by atoms with Crippen LogP contribution >= 0.6 is 0 Å². The molecule has 0 saturated carbocycles. The van der Waals surface area contributed by atoms with E-state index in [2.05, 4.69) is 25.5 Å². The predicted molar refractivity (Wildman–Crippen MR) is 104 cm³/mol. The third-order valence-electron chi connectivity index (χ3n) is 4.12. The second-order valence-corrected chi connectivity index (χ2v) is 7.41. The summed E-state index contributed by atoms with van der Waals surface area (Å²) in [4.78, 5) is 20.5. The number of carbonyl (C=O) groups excluding carboxylic acids is 1. The maximum atomic E-state index is 13.0. The van der Waals surface area contributed by atoms with E-state index in [4.69, 9.17) is 5.73 Å². The van der Waals surface area contributed by atoms with Gasteiger partial charge in [0.2, 0.25) is 0 Å². The molecule has 2 aromatic carbocycles. The molecule has 0 atom stereocenters. The largest absolute Gasteiger partial charge is 0.383 e. The summed E-state index contributed by atoms with van der Waals surface area (Å²) in [6.45, 7) is 0. The van der Waals surface area contributed by atoms with E-state index in [1.54, 1.807) is 24.3 Å². The van der Waals surface area contributed by atoms with Crippen molar-refractivity contribution in [2.75, 3.05) is 11.1 Å². The number of rotatable bonds is 4. The number of benzene rings is 2. The molecule has 4 N–H and O–H groups in total. The van der Waals surface area contributed by atoms with Crippen LogP contribution in [0.2, 0.25) is 0 Å². The van der Waals surface area contributed by atoms with Gasteiger partial charge in [-0.05, 0) is 36.4 Å². The third kappa shape index (κ3) is 3.75. The van der Waals surface area contributed by atoms with Gasteiger partial charge < -0.3 is 11.1 Å². The van der Waals surface area contributed by atoms with Crippen molar-refractivity contribution in [2.24, 2.45) is 0 Å². The van der Waals surface area contributed by atoms with Gasteiger partial charge in [0, 0.05) is 16.8 Å². The van der Waals surface area contributed by atoms with Crippen molar-refractivity contribution < 1.29 is 17.1 Å². The standard InChI is InChI=1S/C18H13FN6O3S/c19-29(27,28)13-6-4-10(5-7-13)18(26)22-12-3-1-2-11(8-12)16-23-15(20)14-9-21-25-17(14)24-16/h1-9H,(H,22,26)(H3,20,21,23,24,25). The number of nitrogens with two attached hydrogens (primary N) is 1. The normalized spacial score (nSPS) is 11.5. The Hall–Kier alpha value is -3.86. The molecule has 2 heterocycles. The predicted octanol–water partition coefficient (Wildman–Crippen LogP) is 2.51. The Morgan fingerprint density at radius 2 is 1.86 bits per heavy atom. The minimum absolute atomic E-state index is 0.169. The maximum Gasteiger partial charge on any atom is 0.332 e. The zero-order chi connectivity index (χ0) is 20.6. The number of nitrogens with one attached hydrogen (secondary N) is 2. The van der Waals surface area contributed by atoms with Gasteiger partial charge in [0.25, 0.3) is 5.91 Å². The number of nitrogens with zero attached hydrogens (tertiary/aromatic N) is 3. The lowest BCUT2D eigenvalue weighted by atomic mass is 10.1. The van der Waals surface area contributed by atoms with Crippen molar-refractivity contribution >= 4 is 38.7 Å². The Kier molecular flexibility index (Phi) is 4.43. The molecule has 4 aromatic rings. The molecule has 11 heteroatoms. The molecular weight excluding hydrogens is 399 g/mol. The lowest BCUT2D eigenvalue weighted by Crippen LogP contribution is -2.12. The number of aromatic amines is 1. The number of hydrogen-bond acceptors (Lipinski definition) is 7. The summed E-state index contributed by atoms with van der Waals surface area (Å²) in [6.07, 6.45) is 1.53. The second-order valence-electron chi connectivity index (χ2n) is 6.06. The van der Waals surface area contributed by atoms with E-state index in [0.29, 0.717) is 28.1 Å². The monoisotopic (exact) mass is 412 g/mol. The molecule has 0 radical (unpaired) electrons. The molecule has 0 aliphatic carbocycles. The summed E-state index contributed by atoms with van der Waals surface area (Å²) in [5.74, 6) is 0.137. The number of carbonyl (C=O) groups is 1. The molecule has 29 heavy (non-hydrogen) atoms. The number of H-pyrrole nitrogens is 1. The van der Waals surface area contributed by atoms with Crippen molar-refractivity contribution in [1.82, 2.24) is 20.2 Å². The molecule has 0 fully saturated rings. The Morgan fingerprint density at radius 1 is 1.10 bits per heavy atom. The van der Waals surface area contributed by atoms with Crippen molar-refractivity contribution in [3.63, 3.8) is 0 Å². The Bertz CT molecular complexity index is 1340. The average molecular weight is 412 g/mol. The van der Waals surface area contributed by atoms with Gasteiger partial charge in [-0.25, -0.2) is 9.97 Å². The summed E-state index contributed by atoms with van der Waals surface area (Å²) < 4.78 is 34.7. The van der Waals surface area contributed by atoms with Crippen LogP contribution in [0.15, 0.2) is 59.6 Å². The quantitative estimate of drug-likeness (QED) is 0.437. The van der Waals surface area contributed by atoms with Gasteiger partial charge in [0.15, 0.2) is 11.5 Å². The van der Waals surface area contributed by atoms with Crippen LogP contribution in [-0.2, 0) is 10.2 Å². The molecule has 0 spiro atoms. The number of nitrogen functional groups attached to an aromatic ring is 1. The number of anilines is 2. The molecule has 0 unspecified atom stereocenters. The van der Waals surface area contributed by atoms with E-state index in [1.165, 1.54) is 18.3 Å². The summed E-state index contributed by atoms with van der Waals surface area (Å²) >= 11 is 0. The highest BCUT2D eigenvalue weighted by Crippen LogP contribution is 2.24. The molecule has 0 saturated heterocycles. The molecule has 2 aromatic heterocycles. The van der Waals surface area contributed by atoms with E-state index in [9.17, 15) is 17.1 Å². The summed E-state index contributed by atoms with van der Waals surface area (Å²) in [5.41, 5.74) is 7.66. The van der Waals surface area contributed by atoms with E-state index in [1.807, 2.05) is 0 Å². The highest BCUT2D eigenvalue weighted by Gasteiger charge is 2.14. The van der Waals surface area contributed by atoms with Crippen molar-refractivity contribution in [3.05, 3.63) is 60.3 Å². The van der Waals surface area contributed by atoms with Gasteiger partial charge in [-0.2, -0.15) is 13.5 Å². The van der Waals surface area contributed by atoms with Crippen molar-refractivity contribution in [2.45, 2.75) is 4.90 Å². The fourth-order valence-electron chi connectivity index (χ4n) is 2.69. The van der Waals surface area contributed by atoms with Crippen LogP contribution in [0.4, 0.5) is 15.4 Å². The lowest BCUT2D eigenvalue weighted by Gasteiger charge is -2.08. The molecule has 1 amide bonds. The van der Waals surface area contributed by atoms with Crippen molar-refractivity contribution in [1.29, 1.82) is 0 Å². The highest BCUT2D eigenvalue weighted by atomic mass is 32.3. The average Bonchev–Trinajstić information content (AvgIpc) is 3.17. The van der Waals surface area contributed by atoms with Crippen LogP contribution in [0.25, 0.3) is 22.4 Å². The van der Waals surface area contributed by atoms with Crippen LogP contribution in [-0.4, -0.2) is 34.5 Å². The van der Waals surface area contributed by atoms with Gasteiger partial charge in [0.1, 0.15) is 5.82 Å². The first-order valence-corrected chi connectivity index (χ1v) is 9.63. The molecule has 146 valence electrons. The topological polar surface area (TPSA) is 144 Å². The number of amides is 1. The minimum atomic E-state index is -4.82. The van der Waals surface area contributed by atoms with Gasteiger partial charge >= 0.3 is 10.2 Å². The second kappa shape index (κ2) is 6.95. The number of hydrogen-bond donors (Lipinski definition) is 3. The zero-order valence-corrected chi connectivity index (χ0v) is 15.4. The Morgan fingerprint density at radius 3 is 2.59 bits per heavy atom. The molecule has 9 nitrogen and oxygen atoms in total. The third-order valence-corrected chi connectivity index (χ3v) is 4.95.